The molecule has 0 spiro atoms. The van der Waals surface area contributed by atoms with Crippen molar-refractivity contribution in [2.75, 3.05) is 6.61 Å². The number of carbonyl (C=O) groups excluding carboxylic acids is 1. The maximum atomic E-state index is 12.0. The van der Waals surface area contributed by atoms with Gasteiger partial charge in [-0.25, -0.2) is 0 Å². The average Bonchev–Trinajstić information content (AvgIpc) is 2.22. The van der Waals surface area contributed by atoms with Crippen molar-refractivity contribution in [3.05, 3.63) is 29.8 Å². The van der Waals surface area contributed by atoms with Gasteiger partial charge in [-0.05, 0) is 50.3 Å². The Bertz CT molecular complexity index is 458. The highest BCUT2D eigenvalue weighted by molar-refractivity contribution is 5.78. The molecule has 0 radical (unpaired) electrons. The molecule has 1 amide bonds. The number of carbonyl (C=O) groups is 1. The van der Waals surface area contributed by atoms with Crippen LogP contribution in [0.15, 0.2) is 24.3 Å². The van der Waals surface area contributed by atoms with Gasteiger partial charge in [-0.15, -0.1) is 0 Å². The van der Waals surface area contributed by atoms with Gasteiger partial charge in [-0.2, -0.15) is 0 Å². The number of benzene rings is 1. The van der Waals surface area contributed by atoms with Crippen molar-refractivity contribution >= 4 is 5.91 Å². The Balaban J connectivity index is 2.47. The van der Waals surface area contributed by atoms with Crippen molar-refractivity contribution in [2.24, 2.45) is 5.41 Å². The van der Waals surface area contributed by atoms with E-state index in [-0.39, 0.29) is 23.5 Å². The summed E-state index contributed by atoms with van der Waals surface area (Å²) in [6, 6.07) is 7.71. The van der Waals surface area contributed by atoms with Crippen molar-refractivity contribution in [3.63, 3.8) is 0 Å². The van der Waals surface area contributed by atoms with Gasteiger partial charge >= 0.3 is 0 Å². The molecule has 1 aromatic rings. The van der Waals surface area contributed by atoms with Crippen LogP contribution in [0.4, 0.5) is 0 Å². The highest BCUT2D eigenvalue weighted by Crippen LogP contribution is 2.26. The fraction of sp³-hybridized carbons (Fsp3) is 0.588. The smallest absolute Gasteiger partial charge is 0.258 e. The van der Waals surface area contributed by atoms with Crippen LogP contribution >= 0.6 is 0 Å². The van der Waals surface area contributed by atoms with Gasteiger partial charge in [0, 0.05) is 5.54 Å². The van der Waals surface area contributed by atoms with Gasteiger partial charge in [-0.3, -0.25) is 4.79 Å². The molecule has 0 aliphatic carbocycles. The van der Waals surface area contributed by atoms with Crippen LogP contribution in [0.2, 0.25) is 0 Å². The maximum Gasteiger partial charge on any atom is 0.258 e. The van der Waals surface area contributed by atoms with E-state index < -0.39 is 0 Å². The van der Waals surface area contributed by atoms with Crippen LogP contribution in [0.5, 0.6) is 5.75 Å². The van der Waals surface area contributed by atoms with Crippen LogP contribution in [0.3, 0.4) is 0 Å². The van der Waals surface area contributed by atoms with Gasteiger partial charge < -0.3 is 10.1 Å². The Morgan fingerprint density at radius 2 is 1.85 bits per heavy atom. The number of hydrogen-bond donors (Lipinski definition) is 1. The molecule has 0 aromatic heterocycles. The van der Waals surface area contributed by atoms with Crippen LogP contribution in [-0.2, 0) is 4.79 Å². The number of amides is 1. The van der Waals surface area contributed by atoms with Gasteiger partial charge in [0.25, 0.3) is 5.91 Å². The molecule has 112 valence electrons. The molecule has 3 heteroatoms. The van der Waals surface area contributed by atoms with Crippen LogP contribution in [0.25, 0.3) is 0 Å². The third kappa shape index (κ3) is 6.60. The molecule has 0 unspecified atom stereocenters. The van der Waals surface area contributed by atoms with E-state index in [9.17, 15) is 4.79 Å². The summed E-state index contributed by atoms with van der Waals surface area (Å²) < 4.78 is 5.51. The van der Waals surface area contributed by atoms with Gasteiger partial charge in [0.15, 0.2) is 6.61 Å². The predicted octanol–water partition coefficient (Wildman–Crippen LogP) is 3.70. The van der Waals surface area contributed by atoms with Crippen LogP contribution in [0.1, 0.15) is 46.6 Å². The van der Waals surface area contributed by atoms with E-state index in [0.717, 1.165) is 17.7 Å². The fourth-order valence-corrected chi connectivity index (χ4v) is 2.64. The second kappa shape index (κ2) is 6.29. The first-order valence-electron chi connectivity index (χ1n) is 7.08. The minimum absolute atomic E-state index is 0.0526. The van der Waals surface area contributed by atoms with Crippen molar-refractivity contribution in [1.29, 1.82) is 0 Å². The zero-order valence-electron chi connectivity index (χ0n) is 13.5. The van der Waals surface area contributed by atoms with Crippen molar-refractivity contribution in [1.82, 2.24) is 5.32 Å². The zero-order chi connectivity index (χ0) is 15.4. The van der Waals surface area contributed by atoms with E-state index in [4.69, 9.17) is 4.74 Å². The summed E-state index contributed by atoms with van der Waals surface area (Å²) in [6.45, 7) is 12.7. The van der Waals surface area contributed by atoms with Crippen molar-refractivity contribution in [3.8, 4) is 5.75 Å². The molecule has 0 bridgehead atoms. The Kier molecular flexibility index (Phi) is 5.21. The van der Waals surface area contributed by atoms with Gasteiger partial charge in [0.05, 0.1) is 0 Å². The largest absolute Gasteiger partial charge is 0.484 e. The van der Waals surface area contributed by atoms with E-state index in [1.165, 1.54) is 0 Å². The minimum atomic E-state index is -0.231. The van der Waals surface area contributed by atoms with Gasteiger partial charge in [-0.1, -0.05) is 32.9 Å². The second-order valence-corrected chi connectivity index (χ2v) is 7.27. The summed E-state index contributed by atoms with van der Waals surface area (Å²) in [7, 11) is 0. The SMILES string of the molecule is Cc1cccc(OCC(=O)NC(C)(C)CC(C)(C)C)c1. The first kappa shape index (κ1) is 16.5. The van der Waals surface area contributed by atoms with Crippen molar-refractivity contribution < 1.29 is 9.53 Å². The summed E-state index contributed by atoms with van der Waals surface area (Å²) >= 11 is 0. The standard InChI is InChI=1S/C17H27NO2/c1-13-8-7-9-14(10-13)20-11-15(19)18-17(5,6)12-16(2,3)4/h7-10H,11-12H2,1-6H3,(H,18,19). The molecular formula is C17H27NO2. The number of nitrogens with one attached hydrogen (secondary N) is 1. The van der Waals surface area contributed by atoms with Gasteiger partial charge in [0.2, 0.25) is 0 Å². The first-order chi connectivity index (χ1) is 9.07. The zero-order valence-corrected chi connectivity index (χ0v) is 13.5. The van der Waals surface area contributed by atoms with E-state index in [1.54, 1.807) is 0 Å². The molecule has 1 rings (SSSR count). The molecule has 1 aromatic carbocycles. The number of aryl methyl sites for hydroxylation is 1. The fourth-order valence-electron chi connectivity index (χ4n) is 2.64. The molecule has 20 heavy (non-hydrogen) atoms. The highest BCUT2D eigenvalue weighted by Gasteiger charge is 2.26. The molecule has 0 saturated carbocycles. The van der Waals surface area contributed by atoms with Crippen molar-refractivity contribution in [2.45, 2.75) is 53.5 Å². The summed E-state index contributed by atoms with van der Waals surface area (Å²) in [5.41, 5.74) is 1.07. The van der Waals surface area contributed by atoms with E-state index in [1.807, 2.05) is 45.0 Å². The molecule has 0 aliphatic rings. The predicted molar refractivity (Wildman–Crippen MR) is 83.0 cm³/mol. The molecule has 1 N–H and O–H groups in total. The second-order valence-electron chi connectivity index (χ2n) is 7.27. The number of ether oxygens (including phenoxy) is 1. The van der Waals surface area contributed by atoms with Crippen LogP contribution < -0.4 is 10.1 Å². The molecular weight excluding hydrogens is 250 g/mol. The third-order valence-electron chi connectivity index (χ3n) is 2.81. The first-order valence-corrected chi connectivity index (χ1v) is 7.08. The lowest BCUT2D eigenvalue weighted by Gasteiger charge is -2.33. The molecule has 3 nitrogen and oxygen atoms in total. The molecule has 0 heterocycles. The molecule has 0 fully saturated rings. The highest BCUT2D eigenvalue weighted by atomic mass is 16.5. The average molecular weight is 277 g/mol. The summed E-state index contributed by atoms with van der Waals surface area (Å²) in [6.07, 6.45) is 0.913. The lowest BCUT2D eigenvalue weighted by atomic mass is 9.82. The van der Waals surface area contributed by atoms with Crippen LogP contribution in [0, 0.1) is 12.3 Å². The summed E-state index contributed by atoms with van der Waals surface area (Å²) in [4.78, 5) is 12.0. The number of rotatable bonds is 5. The topological polar surface area (TPSA) is 38.3 Å². The summed E-state index contributed by atoms with van der Waals surface area (Å²) in [5, 5.41) is 3.03. The lowest BCUT2D eigenvalue weighted by Crippen LogP contribution is -2.47. The third-order valence-corrected chi connectivity index (χ3v) is 2.81. The maximum absolute atomic E-state index is 12.0. The van der Waals surface area contributed by atoms with E-state index in [2.05, 4.69) is 26.1 Å². The van der Waals surface area contributed by atoms with E-state index >= 15 is 0 Å². The quantitative estimate of drug-likeness (QED) is 0.891. The number of hydrogen-bond acceptors (Lipinski definition) is 2. The monoisotopic (exact) mass is 277 g/mol. The molecule has 0 atom stereocenters. The minimum Gasteiger partial charge on any atom is -0.484 e. The van der Waals surface area contributed by atoms with Crippen LogP contribution in [-0.4, -0.2) is 18.1 Å². The summed E-state index contributed by atoms with van der Waals surface area (Å²) in [5.74, 6) is 0.648. The molecule has 0 saturated heterocycles. The normalized spacial score (nSPS) is 12.1. The Labute approximate surface area is 122 Å². The molecule has 0 aliphatic heterocycles. The lowest BCUT2D eigenvalue weighted by molar-refractivity contribution is -0.125. The Morgan fingerprint density at radius 1 is 1.20 bits per heavy atom. The van der Waals surface area contributed by atoms with E-state index in [0.29, 0.717) is 0 Å². The Morgan fingerprint density at radius 3 is 2.40 bits per heavy atom. The van der Waals surface area contributed by atoms with Gasteiger partial charge in [0.1, 0.15) is 5.75 Å². The Hall–Kier alpha value is -1.51.